The van der Waals surface area contributed by atoms with Crippen LogP contribution in [0.4, 0.5) is 0 Å². The highest BCUT2D eigenvalue weighted by Crippen LogP contribution is 2.59. The van der Waals surface area contributed by atoms with Crippen LogP contribution in [0.2, 0.25) is 5.02 Å². The van der Waals surface area contributed by atoms with Crippen molar-refractivity contribution in [3.05, 3.63) is 28.8 Å². The highest BCUT2D eigenvalue weighted by molar-refractivity contribution is 7.92. The third-order valence-electron chi connectivity index (χ3n) is 8.03. The molecule has 1 heterocycles. The monoisotopic (exact) mass is 486 g/mol. The molecule has 5 nitrogen and oxygen atoms in total. The third-order valence-corrected chi connectivity index (χ3v) is 10.6. The number of halogens is 2. The van der Waals surface area contributed by atoms with E-state index in [1.54, 1.807) is 6.07 Å². The van der Waals surface area contributed by atoms with Crippen molar-refractivity contribution in [1.29, 1.82) is 0 Å². The summed E-state index contributed by atoms with van der Waals surface area (Å²) in [5.74, 6) is 2.23. The summed E-state index contributed by atoms with van der Waals surface area (Å²) in [6.45, 7) is 2.09. The molecule has 8 heteroatoms. The topological polar surface area (TPSA) is 75.3 Å². The molecule has 0 aromatic heterocycles. The van der Waals surface area contributed by atoms with Crippen LogP contribution in [0, 0.1) is 23.2 Å². The SMILES string of the molecule is Cl.O=C(NCC12CC3CC(CC(C3)C1)C2)c1cc(S(=O)(=O)C2CCNCC2)ccc1Cl. The van der Waals surface area contributed by atoms with E-state index in [0.29, 0.717) is 37.5 Å². The van der Waals surface area contributed by atoms with Crippen molar-refractivity contribution in [1.82, 2.24) is 10.6 Å². The maximum Gasteiger partial charge on any atom is 0.252 e. The van der Waals surface area contributed by atoms with Crippen molar-refractivity contribution in [2.75, 3.05) is 19.6 Å². The second kappa shape index (κ2) is 8.85. The van der Waals surface area contributed by atoms with Crippen LogP contribution < -0.4 is 10.6 Å². The van der Waals surface area contributed by atoms with Gasteiger partial charge in [0.15, 0.2) is 9.84 Å². The summed E-state index contributed by atoms with van der Waals surface area (Å²) in [7, 11) is -3.47. The van der Waals surface area contributed by atoms with Gasteiger partial charge in [-0.25, -0.2) is 8.42 Å². The van der Waals surface area contributed by atoms with Gasteiger partial charge in [0.1, 0.15) is 0 Å². The molecule has 172 valence electrons. The standard InChI is InChI=1S/C23H31ClN2O3S.ClH/c24-21-2-1-19(30(28,29)18-3-5-25-6-4-18)10-20(21)22(27)26-14-23-11-15-7-16(12-23)9-17(8-15)13-23;/h1-2,10,15-18,25H,3-9,11-14H2,(H,26,27);1H. The van der Waals surface area contributed by atoms with Crippen molar-refractivity contribution in [2.24, 2.45) is 23.2 Å². The minimum Gasteiger partial charge on any atom is -0.351 e. The van der Waals surface area contributed by atoms with Crippen molar-refractivity contribution in [3.8, 4) is 0 Å². The van der Waals surface area contributed by atoms with Gasteiger partial charge in [0, 0.05) is 6.54 Å². The predicted octanol–water partition coefficient (Wildman–Crippen LogP) is 4.23. The van der Waals surface area contributed by atoms with Gasteiger partial charge in [0.05, 0.1) is 20.7 Å². The number of rotatable bonds is 5. The van der Waals surface area contributed by atoms with E-state index in [0.717, 1.165) is 17.8 Å². The summed E-state index contributed by atoms with van der Waals surface area (Å²) >= 11 is 6.32. The molecule has 1 aromatic carbocycles. The lowest BCUT2D eigenvalue weighted by Crippen LogP contribution is -2.51. The molecule has 1 aliphatic heterocycles. The Balaban J connectivity index is 0.00000231. The Labute approximate surface area is 196 Å². The van der Waals surface area contributed by atoms with Crippen LogP contribution >= 0.6 is 24.0 Å². The normalized spacial score (nSPS) is 32.5. The maximum absolute atomic E-state index is 13.1. The van der Waals surface area contributed by atoms with E-state index in [9.17, 15) is 13.2 Å². The van der Waals surface area contributed by atoms with Gasteiger partial charge in [0.2, 0.25) is 0 Å². The van der Waals surface area contributed by atoms with Crippen molar-refractivity contribution in [3.63, 3.8) is 0 Å². The van der Waals surface area contributed by atoms with E-state index < -0.39 is 15.1 Å². The summed E-state index contributed by atoms with van der Waals surface area (Å²) in [4.78, 5) is 13.2. The molecule has 1 amide bonds. The average molecular weight is 487 g/mol. The number of sulfone groups is 1. The molecule has 2 N–H and O–H groups in total. The fourth-order valence-corrected chi connectivity index (χ4v) is 9.01. The first-order chi connectivity index (χ1) is 14.3. The fourth-order valence-electron chi connectivity index (χ4n) is 7.02. The molecule has 5 aliphatic rings. The Morgan fingerprint density at radius 1 is 1.06 bits per heavy atom. The second-order valence-corrected chi connectivity index (χ2v) is 12.9. The van der Waals surface area contributed by atoms with Crippen LogP contribution in [-0.2, 0) is 9.84 Å². The minimum atomic E-state index is -3.47. The molecular formula is C23H32Cl2N2O3S. The van der Waals surface area contributed by atoms with Gasteiger partial charge >= 0.3 is 0 Å². The van der Waals surface area contributed by atoms with Crippen molar-refractivity contribution < 1.29 is 13.2 Å². The van der Waals surface area contributed by atoms with E-state index in [-0.39, 0.29) is 34.2 Å². The fraction of sp³-hybridized carbons (Fsp3) is 0.696. The van der Waals surface area contributed by atoms with E-state index in [1.807, 2.05) is 0 Å². The largest absolute Gasteiger partial charge is 0.351 e. The van der Waals surface area contributed by atoms with Crippen molar-refractivity contribution in [2.45, 2.75) is 61.5 Å². The van der Waals surface area contributed by atoms with Gasteiger partial charge in [-0.2, -0.15) is 0 Å². The van der Waals surface area contributed by atoms with Gasteiger partial charge in [-0.3, -0.25) is 4.79 Å². The number of carbonyl (C=O) groups is 1. The Hall–Kier alpha value is -0.820. The quantitative estimate of drug-likeness (QED) is 0.652. The van der Waals surface area contributed by atoms with Crippen LogP contribution in [0.25, 0.3) is 0 Å². The Morgan fingerprint density at radius 3 is 2.23 bits per heavy atom. The molecule has 4 aliphatic carbocycles. The molecule has 0 unspecified atom stereocenters. The predicted molar refractivity (Wildman–Crippen MR) is 125 cm³/mol. The first-order valence-corrected chi connectivity index (χ1v) is 13.3. The number of benzene rings is 1. The van der Waals surface area contributed by atoms with Gasteiger partial charge in [-0.1, -0.05) is 11.6 Å². The Bertz CT molecular complexity index is 909. The molecule has 4 bridgehead atoms. The number of nitrogens with one attached hydrogen (secondary N) is 2. The number of piperidine rings is 1. The first-order valence-electron chi connectivity index (χ1n) is 11.4. The van der Waals surface area contributed by atoms with E-state index in [2.05, 4.69) is 10.6 Å². The van der Waals surface area contributed by atoms with Crippen LogP contribution in [0.3, 0.4) is 0 Å². The van der Waals surface area contributed by atoms with Crippen LogP contribution in [0.1, 0.15) is 61.7 Å². The average Bonchev–Trinajstić information content (AvgIpc) is 2.72. The molecule has 31 heavy (non-hydrogen) atoms. The lowest BCUT2D eigenvalue weighted by molar-refractivity contribution is -0.0503. The smallest absolute Gasteiger partial charge is 0.252 e. The summed E-state index contributed by atoms with van der Waals surface area (Å²) in [5, 5.41) is 6.23. The molecule has 0 spiro atoms. The van der Waals surface area contributed by atoms with Gasteiger partial charge in [0.25, 0.3) is 5.91 Å². The molecule has 6 rings (SSSR count). The molecule has 1 aromatic rings. The number of hydrogen-bond acceptors (Lipinski definition) is 4. The second-order valence-electron chi connectivity index (χ2n) is 10.2. The van der Waals surface area contributed by atoms with Crippen LogP contribution in [-0.4, -0.2) is 39.2 Å². The summed E-state index contributed by atoms with van der Waals surface area (Å²) < 4.78 is 26.1. The highest BCUT2D eigenvalue weighted by atomic mass is 35.5. The van der Waals surface area contributed by atoms with E-state index in [1.165, 1.54) is 50.7 Å². The Morgan fingerprint density at radius 2 is 1.65 bits per heavy atom. The van der Waals surface area contributed by atoms with Crippen molar-refractivity contribution >= 4 is 39.8 Å². The van der Waals surface area contributed by atoms with Gasteiger partial charge < -0.3 is 10.6 Å². The van der Waals surface area contributed by atoms with Crippen LogP contribution in [0.15, 0.2) is 23.1 Å². The zero-order valence-corrected chi connectivity index (χ0v) is 20.1. The maximum atomic E-state index is 13.1. The molecular weight excluding hydrogens is 455 g/mol. The lowest BCUT2D eigenvalue weighted by atomic mass is 9.49. The van der Waals surface area contributed by atoms with Gasteiger partial charge in [-0.05, 0) is 106 Å². The molecule has 0 atom stereocenters. The molecule has 4 saturated carbocycles. The Kier molecular flexibility index (Phi) is 6.66. The summed E-state index contributed by atoms with van der Waals surface area (Å²) in [5.41, 5.74) is 0.506. The number of hydrogen-bond donors (Lipinski definition) is 2. The number of amides is 1. The zero-order valence-electron chi connectivity index (χ0n) is 17.7. The van der Waals surface area contributed by atoms with Crippen LogP contribution in [0.5, 0.6) is 0 Å². The third kappa shape index (κ3) is 4.50. The molecule has 1 saturated heterocycles. The highest BCUT2D eigenvalue weighted by Gasteiger charge is 2.50. The summed E-state index contributed by atoms with van der Waals surface area (Å²) in [6.07, 6.45) is 8.96. The van der Waals surface area contributed by atoms with E-state index in [4.69, 9.17) is 11.6 Å². The molecule has 5 fully saturated rings. The minimum absolute atomic E-state index is 0. The van der Waals surface area contributed by atoms with E-state index >= 15 is 0 Å². The zero-order chi connectivity index (χ0) is 20.9. The molecule has 0 radical (unpaired) electrons. The number of carbonyl (C=O) groups excluding carboxylic acids is 1. The summed E-state index contributed by atoms with van der Waals surface area (Å²) in [6, 6.07) is 4.57. The lowest BCUT2D eigenvalue weighted by Gasteiger charge is -2.56. The van der Waals surface area contributed by atoms with Gasteiger partial charge in [-0.15, -0.1) is 12.4 Å². The first kappa shape index (κ1) is 23.3.